The standard InChI is InChI=1S/C13H20N2O/c1-4-5-13(14)15-10(2)11-6-8-12(16-3)9-7-11/h6-10H,4-5H2,1-3H3,(H2,14,15). The first-order valence-electron chi connectivity index (χ1n) is 5.63. The summed E-state index contributed by atoms with van der Waals surface area (Å²) < 4.78 is 5.11. The van der Waals surface area contributed by atoms with E-state index in [1.54, 1.807) is 7.11 Å². The second kappa shape index (κ2) is 6.16. The maximum absolute atomic E-state index is 5.80. The van der Waals surface area contributed by atoms with Crippen LogP contribution < -0.4 is 10.5 Å². The monoisotopic (exact) mass is 220 g/mol. The summed E-state index contributed by atoms with van der Waals surface area (Å²) in [5.41, 5.74) is 6.96. The summed E-state index contributed by atoms with van der Waals surface area (Å²) in [6.07, 6.45) is 1.89. The van der Waals surface area contributed by atoms with Gasteiger partial charge in [-0.05, 0) is 31.0 Å². The lowest BCUT2D eigenvalue weighted by atomic mass is 10.1. The molecule has 0 aromatic heterocycles. The molecule has 1 aromatic rings. The summed E-state index contributed by atoms with van der Waals surface area (Å²) in [5.74, 6) is 1.59. The summed E-state index contributed by atoms with van der Waals surface area (Å²) in [6.45, 7) is 4.14. The molecular weight excluding hydrogens is 200 g/mol. The zero-order chi connectivity index (χ0) is 12.0. The third-order valence-electron chi connectivity index (χ3n) is 2.46. The Labute approximate surface area is 97.3 Å². The van der Waals surface area contributed by atoms with Crippen molar-refractivity contribution >= 4 is 5.84 Å². The molecule has 16 heavy (non-hydrogen) atoms. The molecule has 0 bridgehead atoms. The Morgan fingerprint density at radius 2 is 2.00 bits per heavy atom. The second-order valence-electron chi connectivity index (χ2n) is 3.82. The van der Waals surface area contributed by atoms with Gasteiger partial charge in [0.1, 0.15) is 5.75 Å². The number of aliphatic imine (C=N–C) groups is 1. The molecule has 1 atom stereocenters. The van der Waals surface area contributed by atoms with Gasteiger partial charge in [0.2, 0.25) is 0 Å². The van der Waals surface area contributed by atoms with Gasteiger partial charge in [-0.15, -0.1) is 0 Å². The number of methoxy groups -OCH3 is 1. The molecule has 0 amide bonds. The van der Waals surface area contributed by atoms with Gasteiger partial charge in [0.15, 0.2) is 0 Å². The van der Waals surface area contributed by atoms with Crippen LogP contribution in [-0.4, -0.2) is 12.9 Å². The maximum atomic E-state index is 5.80. The van der Waals surface area contributed by atoms with Crippen molar-refractivity contribution in [2.24, 2.45) is 10.7 Å². The molecule has 0 spiro atoms. The smallest absolute Gasteiger partial charge is 0.118 e. The summed E-state index contributed by atoms with van der Waals surface area (Å²) in [4.78, 5) is 4.45. The molecule has 0 aliphatic carbocycles. The molecule has 0 aliphatic rings. The fourth-order valence-electron chi connectivity index (χ4n) is 1.53. The van der Waals surface area contributed by atoms with Crippen molar-refractivity contribution in [3.8, 4) is 5.75 Å². The van der Waals surface area contributed by atoms with E-state index in [4.69, 9.17) is 10.5 Å². The van der Waals surface area contributed by atoms with Gasteiger partial charge < -0.3 is 10.5 Å². The average Bonchev–Trinajstić information content (AvgIpc) is 2.29. The third kappa shape index (κ3) is 3.57. The molecule has 0 radical (unpaired) electrons. The van der Waals surface area contributed by atoms with Crippen molar-refractivity contribution in [2.75, 3.05) is 7.11 Å². The van der Waals surface area contributed by atoms with Gasteiger partial charge in [-0.3, -0.25) is 4.99 Å². The van der Waals surface area contributed by atoms with Crippen molar-refractivity contribution in [3.05, 3.63) is 29.8 Å². The molecule has 88 valence electrons. The number of hydrogen-bond acceptors (Lipinski definition) is 2. The van der Waals surface area contributed by atoms with Crippen LogP contribution in [0.15, 0.2) is 29.3 Å². The number of amidine groups is 1. The van der Waals surface area contributed by atoms with E-state index in [0.717, 1.165) is 30.0 Å². The second-order valence-corrected chi connectivity index (χ2v) is 3.82. The van der Waals surface area contributed by atoms with Crippen LogP contribution in [0, 0.1) is 0 Å². The van der Waals surface area contributed by atoms with Gasteiger partial charge in [-0.1, -0.05) is 19.1 Å². The van der Waals surface area contributed by atoms with Crippen molar-refractivity contribution in [3.63, 3.8) is 0 Å². The SMILES string of the molecule is CCCC(N)=NC(C)c1ccc(OC)cc1. The van der Waals surface area contributed by atoms with Crippen LogP contribution in [0.5, 0.6) is 5.75 Å². The van der Waals surface area contributed by atoms with Crippen LogP contribution in [0.3, 0.4) is 0 Å². The topological polar surface area (TPSA) is 47.6 Å². The molecular formula is C13H20N2O. The summed E-state index contributed by atoms with van der Waals surface area (Å²) in [6, 6.07) is 8.03. The zero-order valence-electron chi connectivity index (χ0n) is 10.2. The maximum Gasteiger partial charge on any atom is 0.118 e. The Balaban J connectivity index is 2.72. The highest BCUT2D eigenvalue weighted by Gasteiger charge is 2.04. The largest absolute Gasteiger partial charge is 0.497 e. The van der Waals surface area contributed by atoms with Crippen LogP contribution in [-0.2, 0) is 0 Å². The zero-order valence-corrected chi connectivity index (χ0v) is 10.2. The molecule has 0 aliphatic heterocycles. The molecule has 0 fully saturated rings. The number of ether oxygens (including phenoxy) is 1. The fraction of sp³-hybridized carbons (Fsp3) is 0.462. The molecule has 0 heterocycles. The van der Waals surface area contributed by atoms with E-state index in [9.17, 15) is 0 Å². The Morgan fingerprint density at radius 3 is 2.50 bits per heavy atom. The average molecular weight is 220 g/mol. The van der Waals surface area contributed by atoms with Gasteiger partial charge in [-0.25, -0.2) is 0 Å². The van der Waals surface area contributed by atoms with Crippen LogP contribution >= 0.6 is 0 Å². The van der Waals surface area contributed by atoms with Crippen molar-refractivity contribution < 1.29 is 4.74 Å². The van der Waals surface area contributed by atoms with Crippen molar-refractivity contribution in [1.29, 1.82) is 0 Å². The number of benzene rings is 1. The van der Waals surface area contributed by atoms with E-state index < -0.39 is 0 Å². The molecule has 3 heteroatoms. The Kier molecular flexibility index (Phi) is 4.83. The molecule has 0 saturated heterocycles. The van der Waals surface area contributed by atoms with Gasteiger partial charge in [0.25, 0.3) is 0 Å². The minimum atomic E-state index is 0.109. The molecule has 3 nitrogen and oxygen atoms in total. The minimum Gasteiger partial charge on any atom is -0.497 e. The van der Waals surface area contributed by atoms with E-state index >= 15 is 0 Å². The van der Waals surface area contributed by atoms with E-state index in [-0.39, 0.29) is 6.04 Å². The molecule has 0 saturated carbocycles. The molecule has 1 aromatic carbocycles. The first kappa shape index (κ1) is 12.6. The van der Waals surface area contributed by atoms with E-state index in [1.807, 2.05) is 31.2 Å². The van der Waals surface area contributed by atoms with E-state index in [1.165, 1.54) is 0 Å². The van der Waals surface area contributed by atoms with Gasteiger partial charge in [-0.2, -0.15) is 0 Å². The number of rotatable bonds is 5. The number of nitrogens with two attached hydrogens (primary N) is 1. The summed E-state index contributed by atoms with van der Waals surface area (Å²) in [7, 11) is 1.66. The van der Waals surface area contributed by atoms with E-state index in [2.05, 4.69) is 11.9 Å². The van der Waals surface area contributed by atoms with Crippen LogP contribution in [0.2, 0.25) is 0 Å². The fourth-order valence-corrected chi connectivity index (χ4v) is 1.53. The minimum absolute atomic E-state index is 0.109. The van der Waals surface area contributed by atoms with Crippen LogP contribution in [0.25, 0.3) is 0 Å². The van der Waals surface area contributed by atoms with Gasteiger partial charge in [0, 0.05) is 6.42 Å². The highest BCUT2D eigenvalue weighted by Crippen LogP contribution is 2.20. The lowest BCUT2D eigenvalue weighted by molar-refractivity contribution is 0.414. The first-order valence-corrected chi connectivity index (χ1v) is 5.63. The van der Waals surface area contributed by atoms with Crippen LogP contribution in [0.4, 0.5) is 0 Å². The predicted octanol–water partition coefficient (Wildman–Crippen LogP) is 2.91. The van der Waals surface area contributed by atoms with Gasteiger partial charge >= 0.3 is 0 Å². The Morgan fingerprint density at radius 1 is 1.38 bits per heavy atom. The lowest BCUT2D eigenvalue weighted by Crippen LogP contribution is -2.12. The third-order valence-corrected chi connectivity index (χ3v) is 2.46. The lowest BCUT2D eigenvalue weighted by Gasteiger charge is -2.09. The van der Waals surface area contributed by atoms with Gasteiger partial charge in [0.05, 0.1) is 19.0 Å². The van der Waals surface area contributed by atoms with Crippen molar-refractivity contribution in [2.45, 2.75) is 32.7 Å². The molecule has 2 N–H and O–H groups in total. The molecule has 1 unspecified atom stereocenters. The quantitative estimate of drug-likeness (QED) is 0.612. The highest BCUT2D eigenvalue weighted by atomic mass is 16.5. The number of nitrogens with zero attached hydrogens (tertiary/aromatic N) is 1. The van der Waals surface area contributed by atoms with E-state index in [0.29, 0.717) is 0 Å². The summed E-state index contributed by atoms with van der Waals surface area (Å²) >= 11 is 0. The Bertz CT molecular complexity index is 343. The number of hydrogen-bond donors (Lipinski definition) is 1. The Hall–Kier alpha value is -1.51. The van der Waals surface area contributed by atoms with Crippen LogP contribution in [0.1, 0.15) is 38.3 Å². The molecule has 1 rings (SSSR count). The first-order chi connectivity index (χ1) is 7.67. The normalized spacial score (nSPS) is 13.6. The predicted molar refractivity (Wildman–Crippen MR) is 67.9 cm³/mol. The summed E-state index contributed by atoms with van der Waals surface area (Å²) in [5, 5.41) is 0. The highest BCUT2D eigenvalue weighted by molar-refractivity contribution is 5.80. The van der Waals surface area contributed by atoms with Crippen molar-refractivity contribution in [1.82, 2.24) is 0 Å².